The van der Waals surface area contributed by atoms with Gasteiger partial charge in [0.2, 0.25) is 0 Å². The third kappa shape index (κ3) is 5.37. The number of ether oxygens (including phenoxy) is 4. The van der Waals surface area contributed by atoms with Crippen molar-refractivity contribution in [2.75, 3.05) is 26.1 Å². The lowest BCUT2D eigenvalue weighted by Gasteiger charge is -2.15. The zero-order valence-electron chi connectivity index (χ0n) is 15.8. The predicted octanol–water partition coefficient (Wildman–Crippen LogP) is 3.29. The van der Waals surface area contributed by atoms with Crippen LogP contribution in [0.4, 0.5) is 5.69 Å². The second-order valence-corrected chi connectivity index (χ2v) is 5.57. The third-order valence-corrected chi connectivity index (χ3v) is 3.69. The average Bonchev–Trinajstić information content (AvgIpc) is 2.68. The molecule has 2 rings (SSSR count). The van der Waals surface area contributed by atoms with E-state index in [1.807, 2.05) is 6.92 Å². The van der Waals surface area contributed by atoms with Crippen molar-refractivity contribution in [3.8, 4) is 17.2 Å². The zero-order chi connectivity index (χ0) is 19.8. The van der Waals surface area contributed by atoms with Gasteiger partial charge in [-0.2, -0.15) is 0 Å². The molecule has 1 N–H and O–H groups in total. The van der Waals surface area contributed by atoms with Crippen molar-refractivity contribution in [3.63, 3.8) is 0 Å². The van der Waals surface area contributed by atoms with Crippen LogP contribution < -0.4 is 19.5 Å². The fourth-order valence-corrected chi connectivity index (χ4v) is 2.30. The van der Waals surface area contributed by atoms with Crippen LogP contribution >= 0.6 is 0 Å². The SMILES string of the molecule is CCOc1ccc(C(=O)O[C@@H](C)C(=O)Nc2cccc(OC)c2)cc1OC. The number of benzene rings is 2. The van der Waals surface area contributed by atoms with E-state index in [2.05, 4.69) is 5.32 Å². The number of amides is 1. The van der Waals surface area contributed by atoms with Crippen LogP contribution in [0.5, 0.6) is 17.2 Å². The Labute approximate surface area is 158 Å². The summed E-state index contributed by atoms with van der Waals surface area (Å²) in [5, 5.41) is 2.68. The maximum Gasteiger partial charge on any atom is 0.339 e. The Morgan fingerprint density at radius 3 is 2.48 bits per heavy atom. The first-order valence-corrected chi connectivity index (χ1v) is 8.45. The summed E-state index contributed by atoms with van der Waals surface area (Å²) in [6.07, 6.45) is -0.985. The number of carbonyl (C=O) groups excluding carboxylic acids is 2. The van der Waals surface area contributed by atoms with E-state index in [0.717, 1.165) is 0 Å². The summed E-state index contributed by atoms with van der Waals surface area (Å²) in [6, 6.07) is 11.6. The smallest absolute Gasteiger partial charge is 0.339 e. The molecule has 0 saturated carbocycles. The van der Waals surface area contributed by atoms with Crippen molar-refractivity contribution in [2.24, 2.45) is 0 Å². The molecule has 0 aliphatic carbocycles. The Bertz CT molecular complexity index is 805. The molecule has 0 fully saturated rings. The van der Waals surface area contributed by atoms with Crippen molar-refractivity contribution in [3.05, 3.63) is 48.0 Å². The summed E-state index contributed by atoms with van der Waals surface area (Å²) in [5.41, 5.74) is 0.807. The number of esters is 1. The van der Waals surface area contributed by atoms with E-state index in [-0.39, 0.29) is 5.56 Å². The number of nitrogens with one attached hydrogen (secondary N) is 1. The van der Waals surface area contributed by atoms with Gasteiger partial charge in [0.1, 0.15) is 5.75 Å². The van der Waals surface area contributed by atoms with Gasteiger partial charge in [0, 0.05) is 11.8 Å². The minimum atomic E-state index is -0.985. The molecular formula is C20H23NO6. The van der Waals surface area contributed by atoms with Crippen LogP contribution in [0.25, 0.3) is 0 Å². The summed E-state index contributed by atoms with van der Waals surface area (Å²) >= 11 is 0. The number of carbonyl (C=O) groups is 2. The highest BCUT2D eigenvalue weighted by atomic mass is 16.5. The molecule has 0 spiro atoms. The van der Waals surface area contributed by atoms with Crippen LogP contribution in [0.1, 0.15) is 24.2 Å². The molecule has 2 aromatic carbocycles. The summed E-state index contributed by atoms with van der Waals surface area (Å²) in [7, 11) is 3.02. The summed E-state index contributed by atoms with van der Waals surface area (Å²) in [5.74, 6) is 0.471. The fourth-order valence-electron chi connectivity index (χ4n) is 2.30. The summed E-state index contributed by atoms with van der Waals surface area (Å²) in [6.45, 7) is 3.82. The Morgan fingerprint density at radius 2 is 1.81 bits per heavy atom. The second kappa shape index (κ2) is 9.47. The van der Waals surface area contributed by atoms with Gasteiger partial charge in [0.15, 0.2) is 17.6 Å². The van der Waals surface area contributed by atoms with Crippen LogP contribution in [-0.4, -0.2) is 38.8 Å². The lowest BCUT2D eigenvalue weighted by atomic mass is 10.2. The summed E-state index contributed by atoms with van der Waals surface area (Å²) in [4.78, 5) is 24.6. The lowest BCUT2D eigenvalue weighted by molar-refractivity contribution is -0.123. The van der Waals surface area contributed by atoms with Gasteiger partial charge >= 0.3 is 5.97 Å². The highest BCUT2D eigenvalue weighted by Gasteiger charge is 2.20. The monoisotopic (exact) mass is 373 g/mol. The Hall–Kier alpha value is -3.22. The zero-order valence-corrected chi connectivity index (χ0v) is 15.8. The molecule has 1 atom stereocenters. The molecule has 144 valence electrons. The fraction of sp³-hybridized carbons (Fsp3) is 0.300. The van der Waals surface area contributed by atoms with Gasteiger partial charge in [0.05, 0.1) is 26.4 Å². The highest BCUT2D eigenvalue weighted by Crippen LogP contribution is 2.28. The average molecular weight is 373 g/mol. The molecule has 0 aliphatic heterocycles. The van der Waals surface area contributed by atoms with Crippen molar-refractivity contribution < 1.29 is 28.5 Å². The van der Waals surface area contributed by atoms with Crippen molar-refractivity contribution >= 4 is 17.6 Å². The molecular weight excluding hydrogens is 350 g/mol. The second-order valence-electron chi connectivity index (χ2n) is 5.57. The first-order valence-electron chi connectivity index (χ1n) is 8.45. The van der Waals surface area contributed by atoms with E-state index >= 15 is 0 Å². The number of rotatable bonds is 8. The summed E-state index contributed by atoms with van der Waals surface area (Å²) < 4.78 is 21.0. The topological polar surface area (TPSA) is 83.1 Å². The standard InChI is InChI=1S/C20H23NO6/c1-5-26-17-10-9-14(11-18(17)25-4)20(23)27-13(2)19(22)21-15-7-6-8-16(12-15)24-3/h6-13H,5H2,1-4H3,(H,21,22)/t13-/m0/s1. The number of hydrogen-bond acceptors (Lipinski definition) is 6. The van der Waals surface area contributed by atoms with Gasteiger partial charge < -0.3 is 24.3 Å². The predicted molar refractivity (Wildman–Crippen MR) is 101 cm³/mol. The third-order valence-electron chi connectivity index (χ3n) is 3.69. The molecule has 2 aromatic rings. The van der Waals surface area contributed by atoms with E-state index in [1.165, 1.54) is 27.2 Å². The molecule has 0 bridgehead atoms. The maximum absolute atomic E-state index is 12.3. The highest BCUT2D eigenvalue weighted by molar-refractivity contribution is 5.97. The molecule has 0 unspecified atom stereocenters. The van der Waals surface area contributed by atoms with E-state index in [0.29, 0.717) is 29.5 Å². The first-order chi connectivity index (χ1) is 13.0. The van der Waals surface area contributed by atoms with Crippen LogP contribution in [-0.2, 0) is 9.53 Å². The van der Waals surface area contributed by atoms with Gasteiger partial charge in [-0.3, -0.25) is 4.79 Å². The van der Waals surface area contributed by atoms with Crippen molar-refractivity contribution in [1.82, 2.24) is 0 Å². The minimum Gasteiger partial charge on any atom is -0.497 e. The Kier molecular flexibility index (Phi) is 7.05. The number of anilines is 1. The van der Waals surface area contributed by atoms with Crippen LogP contribution in [0, 0.1) is 0 Å². The maximum atomic E-state index is 12.3. The lowest BCUT2D eigenvalue weighted by Crippen LogP contribution is -2.30. The molecule has 0 heterocycles. The van der Waals surface area contributed by atoms with E-state index < -0.39 is 18.0 Å². The van der Waals surface area contributed by atoms with Crippen molar-refractivity contribution in [2.45, 2.75) is 20.0 Å². The molecule has 7 nitrogen and oxygen atoms in total. The van der Waals surface area contributed by atoms with Gasteiger partial charge in [-0.25, -0.2) is 4.79 Å². The molecule has 1 amide bonds. The number of hydrogen-bond donors (Lipinski definition) is 1. The Morgan fingerprint density at radius 1 is 1.04 bits per heavy atom. The minimum absolute atomic E-state index is 0.260. The molecule has 7 heteroatoms. The molecule has 0 saturated heterocycles. The van der Waals surface area contributed by atoms with E-state index in [1.54, 1.807) is 36.4 Å². The number of methoxy groups -OCH3 is 2. The van der Waals surface area contributed by atoms with Gasteiger partial charge in [0.25, 0.3) is 5.91 Å². The Balaban J connectivity index is 2.02. The van der Waals surface area contributed by atoms with E-state index in [4.69, 9.17) is 18.9 Å². The molecule has 0 aliphatic rings. The van der Waals surface area contributed by atoms with E-state index in [9.17, 15) is 9.59 Å². The van der Waals surface area contributed by atoms with Crippen molar-refractivity contribution in [1.29, 1.82) is 0 Å². The largest absolute Gasteiger partial charge is 0.497 e. The van der Waals surface area contributed by atoms with Crippen LogP contribution in [0.2, 0.25) is 0 Å². The first kappa shape index (κ1) is 20.1. The van der Waals surface area contributed by atoms with Crippen LogP contribution in [0.3, 0.4) is 0 Å². The van der Waals surface area contributed by atoms with Crippen LogP contribution in [0.15, 0.2) is 42.5 Å². The molecule has 0 aromatic heterocycles. The normalized spacial score (nSPS) is 11.3. The quantitative estimate of drug-likeness (QED) is 0.715. The molecule has 0 radical (unpaired) electrons. The molecule has 27 heavy (non-hydrogen) atoms. The van der Waals surface area contributed by atoms with Gasteiger partial charge in [-0.1, -0.05) is 6.07 Å². The van der Waals surface area contributed by atoms with Gasteiger partial charge in [-0.05, 0) is 44.2 Å². The van der Waals surface area contributed by atoms with Gasteiger partial charge in [-0.15, -0.1) is 0 Å².